The fraction of sp³-hybridized carbons (Fsp3) is 0.786. The highest BCUT2D eigenvalue weighted by atomic mass is 15.3. The van der Waals surface area contributed by atoms with Crippen molar-refractivity contribution >= 4 is 5.69 Å². The largest absolute Gasteiger partial charge is 0.366 e. The van der Waals surface area contributed by atoms with Gasteiger partial charge in [-0.05, 0) is 19.3 Å². The highest BCUT2D eigenvalue weighted by Gasteiger charge is 2.29. The Hall–Kier alpha value is -1.03. The van der Waals surface area contributed by atoms with E-state index in [2.05, 4.69) is 56.1 Å². The highest BCUT2D eigenvalue weighted by Crippen LogP contribution is 2.25. The van der Waals surface area contributed by atoms with Crippen molar-refractivity contribution in [2.24, 2.45) is 5.41 Å². The molecule has 4 nitrogen and oxygen atoms in total. The summed E-state index contributed by atoms with van der Waals surface area (Å²) in [6.45, 7) is 14.4. The van der Waals surface area contributed by atoms with Gasteiger partial charge in [0.05, 0.1) is 11.9 Å². The Bertz CT molecular complexity index is 389. The van der Waals surface area contributed by atoms with Crippen LogP contribution in [-0.4, -0.2) is 35.5 Å². The first kappa shape index (κ1) is 13.4. The predicted molar refractivity (Wildman–Crippen MR) is 76.1 cm³/mol. The van der Waals surface area contributed by atoms with Crippen LogP contribution < -0.4 is 10.2 Å². The van der Waals surface area contributed by atoms with Gasteiger partial charge in [-0.15, -0.1) is 0 Å². The van der Waals surface area contributed by atoms with Crippen LogP contribution in [-0.2, 0) is 0 Å². The van der Waals surface area contributed by atoms with Crippen LogP contribution in [0.25, 0.3) is 0 Å². The van der Waals surface area contributed by atoms with Gasteiger partial charge < -0.3 is 10.2 Å². The summed E-state index contributed by atoms with van der Waals surface area (Å²) in [5, 5.41) is 8.05. The number of hydrogen-bond acceptors (Lipinski definition) is 3. The fourth-order valence-electron chi connectivity index (χ4n) is 2.34. The van der Waals surface area contributed by atoms with E-state index in [9.17, 15) is 0 Å². The quantitative estimate of drug-likeness (QED) is 0.874. The molecule has 1 atom stereocenters. The monoisotopic (exact) mass is 250 g/mol. The summed E-state index contributed by atoms with van der Waals surface area (Å²) in [5.41, 5.74) is 1.55. The highest BCUT2D eigenvalue weighted by molar-refractivity contribution is 5.43. The van der Waals surface area contributed by atoms with E-state index in [0.717, 1.165) is 19.6 Å². The van der Waals surface area contributed by atoms with Crippen molar-refractivity contribution in [1.29, 1.82) is 0 Å². The van der Waals surface area contributed by atoms with Crippen LogP contribution in [0, 0.1) is 5.41 Å². The summed E-state index contributed by atoms with van der Waals surface area (Å²) in [7, 11) is 0. The van der Waals surface area contributed by atoms with Crippen LogP contribution in [0.2, 0.25) is 0 Å². The number of nitrogens with zero attached hydrogens (tertiary/aromatic N) is 3. The first-order chi connectivity index (χ1) is 8.38. The molecular weight excluding hydrogens is 224 g/mol. The maximum absolute atomic E-state index is 4.43. The second-order valence-electron chi connectivity index (χ2n) is 6.59. The first-order valence-corrected chi connectivity index (χ1v) is 6.90. The van der Waals surface area contributed by atoms with Crippen LogP contribution in [0.5, 0.6) is 0 Å². The summed E-state index contributed by atoms with van der Waals surface area (Å²) >= 11 is 0. The molecule has 0 radical (unpaired) electrons. The van der Waals surface area contributed by atoms with Crippen LogP contribution in [0.15, 0.2) is 12.4 Å². The van der Waals surface area contributed by atoms with Crippen LogP contribution in [0.1, 0.15) is 40.7 Å². The Balaban J connectivity index is 2.08. The Morgan fingerprint density at radius 1 is 1.39 bits per heavy atom. The lowest BCUT2D eigenvalue weighted by molar-refractivity contribution is 0.254. The number of rotatable bonds is 2. The zero-order chi connectivity index (χ0) is 13.3. The third-order valence-corrected chi connectivity index (χ3v) is 3.70. The molecule has 1 aromatic heterocycles. The number of anilines is 1. The summed E-state index contributed by atoms with van der Waals surface area (Å²) in [5.74, 6) is 0. The van der Waals surface area contributed by atoms with Crippen molar-refractivity contribution in [3.8, 4) is 0 Å². The van der Waals surface area contributed by atoms with Gasteiger partial charge in [-0.2, -0.15) is 5.10 Å². The Morgan fingerprint density at radius 3 is 2.67 bits per heavy atom. The van der Waals surface area contributed by atoms with Gasteiger partial charge in [-0.3, -0.25) is 4.68 Å². The average molecular weight is 250 g/mol. The topological polar surface area (TPSA) is 33.1 Å². The SMILES string of the molecule is CC(C)n1cc(N2CCNC(C(C)(C)C)C2)cn1. The summed E-state index contributed by atoms with van der Waals surface area (Å²) in [6, 6.07) is 0.966. The molecule has 1 fully saturated rings. The van der Waals surface area contributed by atoms with Gasteiger partial charge in [0.2, 0.25) is 0 Å². The van der Waals surface area contributed by atoms with Crippen LogP contribution >= 0.6 is 0 Å². The van der Waals surface area contributed by atoms with Gasteiger partial charge in [0.15, 0.2) is 0 Å². The van der Waals surface area contributed by atoms with E-state index < -0.39 is 0 Å². The van der Waals surface area contributed by atoms with E-state index in [0.29, 0.717) is 17.5 Å². The van der Waals surface area contributed by atoms with Gasteiger partial charge in [0.1, 0.15) is 0 Å². The molecular formula is C14H26N4. The molecule has 0 aromatic carbocycles. The average Bonchev–Trinajstić information content (AvgIpc) is 2.77. The van der Waals surface area contributed by atoms with Crippen LogP contribution in [0.4, 0.5) is 5.69 Å². The fourth-order valence-corrected chi connectivity index (χ4v) is 2.34. The minimum Gasteiger partial charge on any atom is -0.366 e. The van der Waals surface area contributed by atoms with Gasteiger partial charge in [-0.1, -0.05) is 20.8 Å². The lowest BCUT2D eigenvalue weighted by atomic mass is 9.85. The van der Waals surface area contributed by atoms with Gasteiger partial charge in [0.25, 0.3) is 0 Å². The number of nitrogens with one attached hydrogen (secondary N) is 1. The second-order valence-corrected chi connectivity index (χ2v) is 6.59. The zero-order valence-electron chi connectivity index (χ0n) is 12.3. The van der Waals surface area contributed by atoms with Crippen molar-refractivity contribution in [3.63, 3.8) is 0 Å². The van der Waals surface area contributed by atoms with E-state index in [1.165, 1.54) is 5.69 Å². The molecule has 0 bridgehead atoms. The van der Waals surface area contributed by atoms with Crippen molar-refractivity contribution in [2.75, 3.05) is 24.5 Å². The molecule has 1 aliphatic heterocycles. The van der Waals surface area contributed by atoms with Crippen molar-refractivity contribution < 1.29 is 0 Å². The van der Waals surface area contributed by atoms with Gasteiger partial charge in [-0.25, -0.2) is 0 Å². The molecule has 102 valence electrons. The van der Waals surface area contributed by atoms with Gasteiger partial charge >= 0.3 is 0 Å². The maximum Gasteiger partial charge on any atom is 0.0753 e. The molecule has 0 saturated carbocycles. The molecule has 2 heterocycles. The molecule has 0 spiro atoms. The number of piperazine rings is 1. The summed E-state index contributed by atoms with van der Waals surface area (Å²) in [4.78, 5) is 2.44. The molecule has 4 heteroatoms. The smallest absolute Gasteiger partial charge is 0.0753 e. The van der Waals surface area contributed by atoms with Crippen LogP contribution in [0.3, 0.4) is 0 Å². The van der Waals surface area contributed by atoms with Crippen molar-refractivity contribution in [3.05, 3.63) is 12.4 Å². The number of hydrogen-bond donors (Lipinski definition) is 1. The lowest BCUT2D eigenvalue weighted by Crippen LogP contribution is -2.55. The molecule has 18 heavy (non-hydrogen) atoms. The van der Waals surface area contributed by atoms with E-state index in [-0.39, 0.29) is 0 Å². The Morgan fingerprint density at radius 2 is 2.11 bits per heavy atom. The molecule has 1 aromatic rings. The number of aromatic nitrogens is 2. The second kappa shape index (κ2) is 4.92. The van der Waals surface area contributed by atoms with E-state index in [4.69, 9.17) is 0 Å². The molecule has 0 aliphatic carbocycles. The third-order valence-electron chi connectivity index (χ3n) is 3.70. The van der Waals surface area contributed by atoms with Gasteiger partial charge in [0, 0.05) is 37.9 Å². The summed E-state index contributed by atoms with van der Waals surface area (Å²) < 4.78 is 2.03. The maximum atomic E-state index is 4.43. The minimum atomic E-state index is 0.298. The minimum absolute atomic E-state index is 0.298. The molecule has 2 rings (SSSR count). The molecule has 1 aliphatic rings. The third kappa shape index (κ3) is 2.86. The Labute approximate surface area is 110 Å². The van der Waals surface area contributed by atoms with Crippen molar-refractivity contribution in [2.45, 2.75) is 46.7 Å². The lowest BCUT2D eigenvalue weighted by Gasteiger charge is -2.41. The van der Waals surface area contributed by atoms with E-state index in [1.807, 2.05) is 10.9 Å². The molecule has 1 saturated heterocycles. The molecule has 1 N–H and O–H groups in total. The summed E-state index contributed by atoms with van der Waals surface area (Å²) in [6.07, 6.45) is 4.15. The molecule has 1 unspecified atom stereocenters. The zero-order valence-corrected chi connectivity index (χ0v) is 12.3. The van der Waals surface area contributed by atoms with E-state index >= 15 is 0 Å². The molecule has 0 amide bonds. The van der Waals surface area contributed by atoms with Crippen molar-refractivity contribution in [1.82, 2.24) is 15.1 Å². The predicted octanol–water partition coefficient (Wildman–Crippen LogP) is 2.29. The normalized spacial score (nSPS) is 21.7. The Kier molecular flexibility index (Phi) is 3.66. The standard InChI is InChI=1S/C14H26N4/c1-11(2)18-9-12(8-16-18)17-7-6-15-13(10-17)14(3,4)5/h8-9,11,13,15H,6-7,10H2,1-5H3. The van der Waals surface area contributed by atoms with E-state index in [1.54, 1.807) is 0 Å². The first-order valence-electron chi connectivity index (χ1n) is 6.90.